The van der Waals surface area contributed by atoms with E-state index in [-0.39, 0.29) is 5.75 Å². The lowest BCUT2D eigenvalue weighted by molar-refractivity contribution is 0.285. The van der Waals surface area contributed by atoms with Crippen LogP contribution >= 0.6 is 0 Å². The van der Waals surface area contributed by atoms with Crippen molar-refractivity contribution < 1.29 is 13.5 Å². The van der Waals surface area contributed by atoms with Crippen LogP contribution in [0, 0.1) is 35.3 Å². The molecule has 4 unspecified atom stereocenters. The summed E-state index contributed by atoms with van der Waals surface area (Å²) >= 11 is 0. The second-order valence-electron chi connectivity index (χ2n) is 10.9. The highest BCUT2D eigenvalue weighted by atomic mass is 19.2. The molecule has 3 heteroatoms. The number of halogens is 2. The maximum Gasteiger partial charge on any atom is 0.201 e. The van der Waals surface area contributed by atoms with E-state index in [9.17, 15) is 8.78 Å². The Morgan fingerprint density at radius 2 is 1.68 bits per heavy atom. The van der Waals surface area contributed by atoms with E-state index in [0.29, 0.717) is 18.1 Å². The van der Waals surface area contributed by atoms with Crippen LogP contribution in [-0.2, 0) is 0 Å². The van der Waals surface area contributed by atoms with E-state index in [4.69, 9.17) is 4.74 Å². The molecule has 0 saturated heterocycles. The maximum atomic E-state index is 14.9. The van der Waals surface area contributed by atoms with E-state index in [1.807, 2.05) is 0 Å². The highest BCUT2D eigenvalue weighted by Crippen LogP contribution is 2.53. The molecule has 0 N–H and O–H groups in total. The lowest BCUT2D eigenvalue weighted by Crippen LogP contribution is -2.17. The molecule has 0 amide bonds. The Kier molecular flexibility index (Phi) is 9.25. The van der Waals surface area contributed by atoms with Crippen LogP contribution in [0.5, 0.6) is 5.75 Å². The van der Waals surface area contributed by atoms with Crippen molar-refractivity contribution in [3.63, 3.8) is 0 Å². The van der Waals surface area contributed by atoms with Gasteiger partial charge in [-0.1, -0.05) is 76.5 Å². The first kappa shape index (κ1) is 25.5. The minimum absolute atomic E-state index is 0.0453. The van der Waals surface area contributed by atoms with Crippen molar-refractivity contribution in [3.8, 4) is 5.75 Å². The van der Waals surface area contributed by atoms with Crippen LogP contribution in [-0.4, -0.2) is 6.61 Å². The lowest BCUT2D eigenvalue weighted by Gasteiger charge is -2.28. The van der Waals surface area contributed by atoms with Gasteiger partial charge >= 0.3 is 0 Å². The van der Waals surface area contributed by atoms with Crippen molar-refractivity contribution >= 4 is 5.57 Å². The highest BCUT2D eigenvalue weighted by molar-refractivity contribution is 5.67. The van der Waals surface area contributed by atoms with Crippen LogP contribution in [0.4, 0.5) is 8.78 Å². The summed E-state index contributed by atoms with van der Waals surface area (Å²) in [6.07, 6.45) is 21.3. The minimum Gasteiger partial charge on any atom is -0.490 e. The summed E-state index contributed by atoms with van der Waals surface area (Å²) in [6.45, 7) is 4.88. The third-order valence-corrected chi connectivity index (χ3v) is 8.73. The number of ether oxygens (including phenoxy) is 1. The first-order valence-electron chi connectivity index (χ1n) is 14.1. The molecule has 1 saturated carbocycles. The largest absolute Gasteiger partial charge is 0.490 e. The fourth-order valence-electron chi connectivity index (χ4n) is 6.81. The van der Waals surface area contributed by atoms with E-state index in [1.54, 1.807) is 17.7 Å². The van der Waals surface area contributed by atoms with Crippen molar-refractivity contribution in [1.29, 1.82) is 0 Å². The Labute approximate surface area is 206 Å². The van der Waals surface area contributed by atoms with Crippen LogP contribution in [0.2, 0.25) is 0 Å². The zero-order valence-electron chi connectivity index (χ0n) is 21.4. The molecule has 0 heterocycles. The van der Waals surface area contributed by atoms with Crippen molar-refractivity contribution in [2.75, 3.05) is 6.61 Å². The number of unbranched alkanes of at least 4 members (excludes halogenated alkanes) is 5. The van der Waals surface area contributed by atoms with Crippen LogP contribution in [0.3, 0.4) is 0 Å². The SMILES string of the molecule is CCCCCCOc1ccc(C2=CCC(C3=CCC4C(CCCCC)CCC34)CC2)c(F)c1F. The Morgan fingerprint density at radius 1 is 0.853 bits per heavy atom. The Hall–Kier alpha value is -1.64. The number of rotatable bonds is 12. The molecule has 0 bridgehead atoms. The molecule has 3 aliphatic carbocycles. The van der Waals surface area contributed by atoms with Crippen molar-refractivity contribution in [3.05, 3.63) is 47.1 Å². The molecule has 1 fully saturated rings. The van der Waals surface area contributed by atoms with Gasteiger partial charge in [-0.25, -0.2) is 4.39 Å². The first-order valence-corrected chi connectivity index (χ1v) is 14.1. The van der Waals surface area contributed by atoms with Gasteiger partial charge in [-0.2, -0.15) is 4.39 Å². The molecule has 3 aliphatic rings. The predicted octanol–water partition coefficient (Wildman–Crippen LogP) is 9.66. The van der Waals surface area contributed by atoms with Gasteiger partial charge in [0.25, 0.3) is 0 Å². The van der Waals surface area contributed by atoms with Gasteiger partial charge in [0.15, 0.2) is 11.6 Å². The van der Waals surface area contributed by atoms with E-state index >= 15 is 0 Å². The monoisotopic (exact) mass is 470 g/mol. The van der Waals surface area contributed by atoms with E-state index in [1.165, 1.54) is 44.9 Å². The van der Waals surface area contributed by atoms with Gasteiger partial charge in [-0.15, -0.1) is 0 Å². The molecular weight excluding hydrogens is 426 g/mol. The topological polar surface area (TPSA) is 9.23 Å². The molecule has 4 atom stereocenters. The molecule has 1 aromatic rings. The van der Waals surface area contributed by atoms with Crippen LogP contribution in [0.1, 0.15) is 109 Å². The zero-order valence-corrected chi connectivity index (χ0v) is 21.4. The van der Waals surface area contributed by atoms with Gasteiger partial charge < -0.3 is 4.74 Å². The van der Waals surface area contributed by atoms with Gasteiger partial charge in [0.05, 0.1) is 6.61 Å². The standard InChI is InChI=1S/C31H44F2O/c1-3-5-7-9-21-34-29-20-19-27(30(32)31(29)33)24-13-11-23(12-14-24)26-18-17-25-22(10-8-6-4-2)15-16-28(25)26/h13,18-20,22-23,25,28H,3-12,14-17,21H2,1-2H3. The third-order valence-electron chi connectivity index (χ3n) is 8.73. The Bertz CT molecular complexity index is 870. The molecule has 188 valence electrons. The highest BCUT2D eigenvalue weighted by Gasteiger charge is 2.42. The molecule has 0 aromatic heterocycles. The minimum atomic E-state index is -0.836. The second-order valence-corrected chi connectivity index (χ2v) is 10.9. The summed E-state index contributed by atoms with van der Waals surface area (Å²) in [5, 5.41) is 0. The number of benzene rings is 1. The van der Waals surface area contributed by atoms with E-state index < -0.39 is 11.6 Å². The fourth-order valence-corrected chi connectivity index (χ4v) is 6.81. The van der Waals surface area contributed by atoms with Crippen molar-refractivity contribution in [1.82, 2.24) is 0 Å². The normalized spacial score (nSPS) is 26.4. The second kappa shape index (κ2) is 12.4. The van der Waals surface area contributed by atoms with Gasteiger partial charge in [0, 0.05) is 5.56 Å². The average Bonchev–Trinajstić information content (AvgIpc) is 3.45. The smallest absolute Gasteiger partial charge is 0.201 e. The molecular formula is C31H44F2O. The summed E-state index contributed by atoms with van der Waals surface area (Å²) in [5.41, 5.74) is 3.07. The van der Waals surface area contributed by atoms with E-state index in [0.717, 1.165) is 68.3 Å². The summed E-state index contributed by atoms with van der Waals surface area (Å²) < 4.78 is 35.1. The molecule has 0 radical (unpaired) electrons. The zero-order chi connectivity index (χ0) is 23.9. The average molecular weight is 471 g/mol. The van der Waals surface area contributed by atoms with Crippen LogP contribution in [0.15, 0.2) is 29.9 Å². The van der Waals surface area contributed by atoms with Gasteiger partial charge in [0.2, 0.25) is 5.82 Å². The lowest BCUT2D eigenvalue weighted by atomic mass is 9.77. The summed E-state index contributed by atoms with van der Waals surface area (Å²) in [4.78, 5) is 0. The predicted molar refractivity (Wildman–Crippen MR) is 138 cm³/mol. The number of allylic oxidation sites excluding steroid dienone is 4. The fraction of sp³-hybridized carbons (Fsp3) is 0.677. The van der Waals surface area contributed by atoms with Crippen molar-refractivity contribution in [2.45, 2.75) is 104 Å². The molecule has 1 aromatic carbocycles. The van der Waals surface area contributed by atoms with Gasteiger partial charge in [0.1, 0.15) is 0 Å². The number of fused-ring (bicyclic) bond motifs is 1. The number of hydrogen-bond donors (Lipinski definition) is 0. The summed E-state index contributed by atoms with van der Waals surface area (Å²) in [6, 6.07) is 3.33. The van der Waals surface area contributed by atoms with Crippen LogP contribution in [0.25, 0.3) is 5.57 Å². The molecule has 1 nitrogen and oxygen atoms in total. The van der Waals surface area contributed by atoms with Crippen molar-refractivity contribution in [2.24, 2.45) is 23.7 Å². The summed E-state index contributed by atoms with van der Waals surface area (Å²) in [5.74, 6) is 1.63. The molecule has 0 spiro atoms. The first-order chi connectivity index (χ1) is 16.6. The van der Waals surface area contributed by atoms with Crippen LogP contribution < -0.4 is 4.74 Å². The maximum absolute atomic E-state index is 14.9. The quantitative estimate of drug-likeness (QED) is 0.218. The Morgan fingerprint density at radius 3 is 2.44 bits per heavy atom. The number of hydrogen-bond acceptors (Lipinski definition) is 1. The van der Waals surface area contributed by atoms with Gasteiger partial charge in [-0.05, 0) is 86.3 Å². The third kappa shape index (κ3) is 5.77. The molecule has 34 heavy (non-hydrogen) atoms. The molecule has 4 rings (SSSR count). The van der Waals surface area contributed by atoms with E-state index in [2.05, 4.69) is 26.0 Å². The van der Waals surface area contributed by atoms with Gasteiger partial charge in [-0.3, -0.25) is 0 Å². The molecule has 0 aliphatic heterocycles. The summed E-state index contributed by atoms with van der Waals surface area (Å²) in [7, 11) is 0. The Balaban J connectivity index is 1.33.